The Kier molecular flexibility index (Phi) is 7.41. The second-order valence-electron chi connectivity index (χ2n) is 13.7. The van der Waals surface area contributed by atoms with Crippen LogP contribution in [-0.4, -0.2) is 86.0 Å². The molecule has 5 aliphatic rings. The molecule has 0 unspecified atom stereocenters. The highest BCUT2D eigenvalue weighted by molar-refractivity contribution is 6.33. The number of halogens is 3. The molecule has 13 heteroatoms. The van der Waals surface area contributed by atoms with Crippen LogP contribution in [0.2, 0.25) is 0 Å². The highest BCUT2D eigenvalue weighted by Crippen LogP contribution is 2.54. The Labute approximate surface area is 258 Å². The van der Waals surface area contributed by atoms with Crippen LogP contribution >= 0.6 is 0 Å². The van der Waals surface area contributed by atoms with Crippen molar-refractivity contribution < 1.29 is 43.2 Å². The molecule has 3 fully saturated rings. The third-order valence-electron chi connectivity index (χ3n) is 10.6. The monoisotopic (exact) mass is 632 g/mol. The number of benzene rings is 1. The van der Waals surface area contributed by atoms with Crippen LogP contribution < -0.4 is 5.73 Å². The Morgan fingerprint density at radius 3 is 2.36 bits per heavy atom. The predicted molar refractivity (Wildman–Crippen MR) is 157 cm³/mol. The number of aliphatic hydroxyl groups excluding tert-OH is 2. The highest BCUT2D eigenvalue weighted by atomic mass is 19.4. The average Bonchev–Trinajstić information content (AvgIpc) is 3.84. The lowest BCUT2D eigenvalue weighted by molar-refractivity contribution is -0.139. The van der Waals surface area contributed by atoms with Gasteiger partial charge in [0.05, 0.1) is 22.9 Å². The Morgan fingerprint density at radius 1 is 1.18 bits per heavy atom. The van der Waals surface area contributed by atoms with Crippen molar-refractivity contribution in [3.8, 4) is 5.75 Å². The van der Waals surface area contributed by atoms with Crippen LogP contribution in [-0.2, 0) is 28.7 Å². The number of nitrogens with zero attached hydrogens (tertiary/aromatic N) is 2. The molecule has 10 nitrogen and oxygen atoms in total. The van der Waals surface area contributed by atoms with Crippen LogP contribution in [0.25, 0.3) is 5.76 Å². The van der Waals surface area contributed by atoms with Crippen LogP contribution in [0.5, 0.6) is 5.75 Å². The Hall–Kier alpha value is -3.42. The number of carbonyl (C=O) groups is 2. The van der Waals surface area contributed by atoms with Crippen LogP contribution in [0, 0.1) is 29.1 Å². The summed E-state index contributed by atoms with van der Waals surface area (Å²) in [5.74, 6) is -6.03. The zero-order valence-corrected chi connectivity index (χ0v) is 25.4. The third kappa shape index (κ3) is 4.94. The number of ketones is 1. The largest absolute Gasteiger partial charge is 0.510 e. The molecule has 0 heterocycles. The van der Waals surface area contributed by atoms with Gasteiger partial charge in [-0.2, -0.15) is 13.2 Å². The van der Waals surface area contributed by atoms with Crippen molar-refractivity contribution in [1.82, 2.24) is 9.80 Å². The molecular weight excluding hydrogens is 593 g/mol. The second-order valence-corrected chi connectivity index (χ2v) is 13.7. The number of hydrogen-bond donors (Lipinski definition) is 6. The van der Waals surface area contributed by atoms with E-state index in [1.807, 2.05) is 6.92 Å². The van der Waals surface area contributed by atoms with E-state index < -0.39 is 86.6 Å². The minimum Gasteiger partial charge on any atom is -0.510 e. The first-order valence-electron chi connectivity index (χ1n) is 15.4. The first-order valence-corrected chi connectivity index (χ1v) is 15.4. The Balaban J connectivity index is 1.48. The van der Waals surface area contributed by atoms with Gasteiger partial charge in [-0.1, -0.05) is 0 Å². The first kappa shape index (κ1) is 31.6. The molecule has 7 N–H and O–H groups in total. The fourth-order valence-electron chi connectivity index (χ4n) is 8.02. The van der Waals surface area contributed by atoms with Crippen molar-refractivity contribution >= 4 is 23.2 Å². The molecular formula is C32H39F3N4O6. The number of nitrogens with two attached hydrogens (primary N) is 1. The van der Waals surface area contributed by atoms with Gasteiger partial charge in [0.25, 0.3) is 5.91 Å². The molecule has 5 aliphatic carbocycles. The van der Waals surface area contributed by atoms with E-state index in [0.29, 0.717) is 18.4 Å². The van der Waals surface area contributed by atoms with E-state index in [2.05, 4.69) is 4.90 Å². The normalized spacial score (nSPS) is 29.2. The molecule has 0 aromatic heterocycles. The molecule has 5 atom stereocenters. The van der Waals surface area contributed by atoms with Crippen molar-refractivity contribution in [2.75, 3.05) is 20.6 Å². The number of hydrogen-bond acceptors (Lipinski definition) is 9. The Morgan fingerprint density at radius 2 is 1.82 bits per heavy atom. The summed E-state index contributed by atoms with van der Waals surface area (Å²) in [6.07, 6.45) is -1.36. The van der Waals surface area contributed by atoms with Gasteiger partial charge in [0.15, 0.2) is 5.60 Å². The molecule has 1 aromatic rings. The number of primary amides is 1. The van der Waals surface area contributed by atoms with Gasteiger partial charge in [-0.25, -0.2) is 0 Å². The van der Waals surface area contributed by atoms with Crippen LogP contribution in [0.4, 0.5) is 13.2 Å². The van der Waals surface area contributed by atoms with E-state index in [9.17, 15) is 43.2 Å². The molecule has 1 aromatic carbocycles. The summed E-state index contributed by atoms with van der Waals surface area (Å²) in [7, 11) is 3.03. The van der Waals surface area contributed by atoms with E-state index in [1.54, 1.807) is 0 Å². The number of Topliss-reactive ketones (excluding diaryl/α,β-unsaturated/α-hetero) is 1. The highest BCUT2D eigenvalue weighted by Gasteiger charge is 2.63. The lowest BCUT2D eigenvalue weighted by Crippen LogP contribution is -2.67. The number of aromatic hydroxyl groups is 1. The van der Waals surface area contributed by atoms with Crippen LogP contribution in [0.1, 0.15) is 61.3 Å². The number of nitrogens with one attached hydrogen (secondary N) is 1. The van der Waals surface area contributed by atoms with Crippen LogP contribution in [0.15, 0.2) is 23.0 Å². The summed E-state index contributed by atoms with van der Waals surface area (Å²) >= 11 is 0. The fraction of sp³-hybridized carbons (Fsp3) is 0.594. The van der Waals surface area contributed by atoms with Crippen molar-refractivity contribution in [3.63, 3.8) is 0 Å². The minimum atomic E-state index is -4.85. The zero-order chi connectivity index (χ0) is 32.9. The maximum absolute atomic E-state index is 15.0. The summed E-state index contributed by atoms with van der Waals surface area (Å²) in [5, 5.41) is 53.9. The van der Waals surface area contributed by atoms with E-state index >= 15 is 0 Å². The molecule has 0 spiro atoms. The summed E-state index contributed by atoms with van der Waals surface area (Å²) in [6, 6.07) is -0.101. The summed E-state index contributed by atoms with van der Waals surface area (Å²) in [4.78, 5) is 29.8. The lowest BCUT2D eigenvalue weighted by atomic mass is 9.56. The number of carbonyl (C=O) groups excluding carboxylic acids is 2. The summed E-state index contributed by atoms with van der Waals surface area (Å²) in [5.41, 5.74) is -1.35. The number of aliphatic hydroxyl groups is 3. The number of phenols is 1. The molecule has 3 saturated carbocycles. The second kappa shape index (κ2) is 10.6. The lowest BCUT2D eigenvalue weighted by Gasteiger charge is -2.51. The standard InChI is InChI=1S/C32H39F3N4O6/c1-13(15-6-7-15)39(11-14-4-5-14)12-17-10-20(40)22-18(24(17)32(33,34)35)8-16-9-19-25(38(2)3)27(42)23(30(37)44)28(36)31(19,45)29(43)21(16)26(22)41/h10,13-16,19,25,36,40-42,45H,4-9,11-12H2,1-3H3,(H2,37,44)/t13-,16+,19+,25+,31-/m1/s1. The SMILES string of the molecule is C[C@H](C1CC1)N(Cc1cc(O)c2c(c1C(F)(F)F)C[C@H]1C[C@H]3[C@H](N(C)C)C(O)=C(C(N)=O)C(=N)[C@@]3(O)C(=O)C1=C2O)CC1CC1. The zero-order valence-electron chi connectivity index (χ0n) is 25.4. The molecule has 6 rings (SSSR count). The summed E-state index contributed by atoms with van der Waals surface area (Å²) < 4.78 is 45.0. The fourth-order valence-corrected chi connectivity index (χ4v) is 8.02. The van der Waals surface area contributed by atoms with Gasteiger partial charge in [0, 0.05) is 30.6 Å². The van der Waals surface area contributed by atoms with Crippen LogP contribution in [0.3, 0.4) is 0 Å². The molecule has 0 saturated heterocycles. The quantitative estimate of drug-likeness (QED) is 0.253. The molecule has 244 valence electrons. The third-order valence-corrected chi connectivity index (χ3v) is 10.6. The van der Waals surface area contributed by atoms with Crippen molar-refractivity contribution in [2.45, 2.75) is 75.9 Å². The van der Waals surface area contributed by atoms with Gasteiger partial charge in [-0.05, 0) is 94.5 Å². The molecule has 0 bridgehead atoms. The maximum atomic E-state index is 15.0. The predicted octanol–water partition coefficient (Wildman–Crippen LogP) is 3.44. The number of rotatable bonds is 8. The number of amides is 1. The average molecular weight is 633 g/mol. The van der Waals surface area contributed by atoms with Crippen molar-refractivity contribution in [3.05, 3.63) is 45.2 Å². The van der Waals surface area contributed by atoms with Gasteiger partial charge in [0.2, 0.25) is 5.78 Å². The molecule has 0 aliphatic heterocycles. The van der Waals surface area contributed by atoms with Crippen molar-refractivity contribution in [1.29, 1.82) is 5.41 Å². The van der Waals surface area contributed by atoms with Gasteiger partial charge in [0.1, 0.15) is 22.8 Å². The van der Waals surface area contributed by atoms with E-state index in [1.165, 1.54) is 19.0 Å². The van der Waals surface area contributed by atoms with E-state index in [-0.39, 0.29) is 36.6 Å². The molecule has 1 amide bonds. The first-order chi connectivity index (χ1) is 21.0. The van der Waals surface area contributed by atoms with E-state index in [0.717, 1.165) is 31.7 Å². The van der Waals surface area contributed by atoms with Gasteiger partial charge in [-0.3, -0.25) is 19.4 Å². The number of phenolic OH excluding ortho intramolecular Hbond substituents is 1. The minimum absolute atomic E-state index is 0.0401. The maximum Gasteiger partial charge on any atom is 0.417 e. The molecule has 45 heavy (non-hydrogen) atoms. The number of likely N-dealkylation sites (N-methyl/N-ethyl adjacent to an activating group) is 1. The Bertz CT molecular complexity index is 1560. The number of alkyl halides is 3. The van der Waals surface area contributed by atoms with E-state index in [4.69, 9.17) is 11.1 Å². The topological polar surface area (TPSA) is 171 Å². The van der Waals surface area contributed by atoms with Gasteiger partial charge in [-0.15, -0.1) is 0 Å². The van der Waals surface area contributed by atoms with Gasteiger partial charge < -0.3 is 31.6 Å². The van der Waals surface area contributed by atoms with Gasteiger partial charge >= 0.3 is 6.18 Å². The van der Waals surface area contributed by atoms with Crippen molar-refractivity contribution in [2.24, 2.45) is 29.4 Å². The number of fused-ring (bicyclic) bond motifs is 3. The smallest absolute Gasteiger partial charge is 0.417 e. The molecule has 0 radical (unpaired) electrons. The summed E-state index contributed by atoms with van der Waals surface area (Å²) in [6.45, 7) is 2.64.